The number of aromatic nitrogens is 3. The molecule has 2 aromatic heterocycles. The van der Waals surface area contributed by atoms with Gasteiger partial charge in [0.05, 0.1) is 30.6 Å². The first-order chi connectivity index (χ1) is 16.7. The fourth-order valence-electron chi connectivity index (χ4n) is 4.29. The van der Waals surface area contributed by atoms with Gasteiger partial charge >= 0.3 is 0 Å². The lowest BCUT2D eigenvalue weighted by atomic mass is 10.0. The number of nitrogens with one attached hydrogen (secondary N) is 2. The standard InChI is InChI=1S/C25H28ClN5O3/c26-21-6-17(5-18(7-21)15-32)10-27-3-1-2-4-33-22-13-31(14-22)25-9-19(20-11-29-34-16-20)8-24-23(25)12-28-30-24/h5-9,11-12,16,22,27,32H,1-4,10,13-15H2,(H,28,30). The number of aliphatic hydroxyl groups is 1. The van der Waals surface area contributed by atoms with Crippen LogP contribution in [-0.4, -0.2) is 52.8 Å². The number of rotatable bonds is 11. The van der Waals surface area contributed by atoms with E-state index in [0.717, 1.165) is 84.5 Å². The fraction of sp³-hybridized carbons (Fsp3) is 0.360. The Morgan fingerprint density at radius 1 is 1.12 bits per heavy atom. The quantitative estimate of drug-likeness (QED) is 0.277. The number of unbranched alkanes of at least 4 members (excludes halogenated alkanes) is 1. The van der Waals surface area contributed by atoms with E-state index in [0.29, 0.717) is 5.02 Å². The summed E-state index contributed by atoms with van der Waals surface area (Å²) < 4.78 is 11.1. The number of aromatic amines is 1. The summed E-state index contributed by atoms with van der Waals surface area (Å²) in [4.78, 5) is 2.33. The van der Waals surface area contributed by atoms with E-state index in [9.17, 15) is 5.11 Å². The van der Waals surface area contributed by atoms with Gasteiger partial charge in [-0.3, -0.25) is 5.10 Å². The van der Waals surface area contributed by atoms with Crippen molar-refractivity contribution < 1.29 is 14.4 Å². The Balaban J connectivity index is 1.03. The third kappa shape index (κ3) is 5.26. The highest BCUT2D eigenvalue weighted by Crippen LogP contribution is 2.34. The average Bonchev–Trinajstić information content (AvgIpc) is 3.51. The monoisotopic (exact) mass is 481 g/mol. The van der Waals surface area contributed by atoms with Gasteiger partial charge in [0, 0.05) is 47.9 Å². The zero-order valence-corrected chi connectivity index (χ0v) is 19.6. The number of nitrogens with zero attached hydrogens (tertiary/aromatic N) is 3. The first kappa shape index (κ1) is 22.9. The summed E-state index contributed by atoms with van der Waals surface area (Å²) in [6.07, 6.45) is 7.55. The maximum absolute atomic E-state index is 9.29. The lowest BCUT2D eigenvalue weighted by Crippen LogP contribution is -2.52. The molecule has 0 saturated carbocycles. The number of hydrogen-bond acceptors (Lipinski definition) is 7. The second-order valence-electron chi connectivity index (χ2n) is 8.65. The molecular formula is C25H28ClN5O3. The van der Waals surface area contributed by atoms with Gasteiger partial charge in [0.15, 0.2) is 0 Å². The topological polar surface area (TPSA) is 99.4 Å². The predicted molar refractivity (Wildman–Crippen MR) is 132 cm³/mol. The van der Waals surface area contributed by atoms with Gasteiger partial charge in [-0.15, -0.1) is 0 Å². The van der Waals surface area contributed by atoms with Crippen molar-refractivity contribution >= 4 is 28.2 Å². The molecule has 9 heteroatoms. The first-order valence-corrected chi connectivity index (χ1v) is 11.9. The molecule has 3 N–H and O–H groups in total. The number of fused-ring (bicyclic) bond motifs is 1. The summed E-state index contributed by atoms with van der Waals surface area (Å²) in [6, 6.07) is 9.92. The minimum Gasteiger partial charge on any atom is -0.392 e. The summed E-state index contributed by atoms with van der Waals surface area (Å²) in [5.41, 5.74) is 6.07. The van der Waals surface area contributed by atoms with Crippen LogP contribution in [0.25, 0.3) is 22.0 Å². The summed E-state index contributed by atoms with van der Waals surface area (Å²) >= 11 is 6.09. The van der Waals surface area contributed by atoms with Crippen molar-refractivity contribution in [3.63, 3.8) is 0 Å². The Bertz CT molecular complexity index is 1220. The molecule has 8 nitrogen and oxygen atoms in total. The number of H-pyrrole nitrogens is 1. The van der Waals surface area contributed by atoms with E-state index in [4.69, 9.17) is 20.9 Å². The van der Waals surface area contributed by atoms with E-state index < -0.39 is 0 Å². The van der Waals surface area contributed by atoms with Gasteiger partial charge in [0.1, 0.15) is 6.26 Å². The van der Waals surface area contributed by atoms with Crippen molar-refractivity contribution in [1.82, 2.24) is 20.7 Å². The van der Waals surface area contributed by atoms with Gasteiger partial charge in [0.2, 0.25) is 0 Å². The lowest BCUT2D eigenvalue weighted by molar-refractivity contribution is 0.0324. The third-order valence-electron chi connectivity index (χ3n) is 6.12. The van der Waals surface area contributed by atoms with Crippen LogP contribution >= 0.6 is 11.6 Å². The number of hydrogen-bond donors (Lipinski definition) is 3. The largest absolute Gasteiger partial charge is 0.392 e. The maximum Gasteiger partial charge on any atom is 0.131 e. The van der Waals surface area contributed by atoms with Gasteiger partial charge in [-0.1, -0.05) is 22.8 Å². The molecule has 2 aromatic carbocycles. The smallest absolute Gasteiger partial charge is 0.131 e. The van der Waals surface area contributed by atoms with Crippen molar-refractivity contribution in [3.8, 4) is 11.1 Å². The van der Waals surface area contributed by atoms with Gasteiger partial charge < -0.3 is 24.6 Å². The molecule has 1 saturated heterocycles. The highest BCUT2D eigenvalue weighted by molar-refractivity contribution is 6.30. The van der Waals surface area contributed by atoms with Crippen LogP contribution in [0.2, 0.25) is 5.02 Å². The van der Waals surface area contributed by atoms with Crippen LogP contribution in [0.15, 0.2) is 53.5 Å². The molecule has 0 atom stereocenters. The van der Waals surface area contributed by atoms with Crippen LogP contribution in [0.5, 0.6) is 0 Å². The molecule has 1 aliphatic rings. The molecule has 0 aliphatic carbocycles. The molecule has 1 aliphatic heterocycles. The predicted octanol–water partition coefficient (Wildman–Crippen LogP) is 4.14. The second-order valence-corrected chi connectivity index (χ2v) is 9.08. The molecular weight excluding hydrogens is 454 g/mol. The molecule has 0 amide bonds. The fourth-order valence-corrected chi connectivity index (χ4v) is 4.57. The van der Waals surface area contributed by atoms with Crippen LogP contribution in [-0.2, 0) is 17.9 Å². The summed E-state index contributed by atoms with van der Waals surface area (Å²) in [5.74, 6) is 0. The Morgan fingerprint density at radius 3 is 2.82 bits per heavy atom. The maximum atomic E-state index is 9.29. The van der Waals surface area contributed by atoms with Gasteiger partial charge in [-0.05, 0) is 60.3 Å². The molecule has 1 fully saturated rings. The molecule has 3 heterocycles. The van der Waals surface area contributed by atoms with Gasteiger partial charge in [-0.25, -0.2) is 0 Å². The number of ether oxygens (including phenoxy) is 1. The van der Waals surface area contributed by atoms with E-state index >= 15 is 0 Å². The minimum absolute atomic E-state index is 0.00372. The van der Waals surface area contributed by atoms with E-state index in [2.05, 4.69) is 37.7 Å². The van der Waals surface area contributed by atoms with Crippen molar-refractivity contribution in [2.45, 2.75) is 32.1 Å². The van der Waals surface area contributed by atoms with Crippen molar-refractivity contribution in [3.05, 3.63) is 65.1 Å². The Labute approximate surface area is 202 Å². The molecule has 0 unspecified atom stereocenters. The van der Waals surface area contributed by atoms with Crippen LogP contribution in [0, 0.1) is 0 Å². The number of anilines is 1. The molecule has 34 heavy (non-hydrogen) atoms. The van der Waals surface area contributed by atoms with Crippen molar-refractivity contribution in [2.75, 3.05) is 31.1 Å². The molecule has 0 radical (unpaired) electrons. The molecule has 178 valence electrons. The number of benzene rings is 2. The number of halogens is 1. The number of aliphatic hydroxyl groups excluding tert-OH is 1. The highest BCUT2D eigenvalue weighted by Gasteiger charge is 2.29. The van der Waals surface area contributed by atoms with Crippen LogP contribution in [0.3, 0.4) is 0 Å². The Kier molecular flexibility index (Phi) is 7.10. The van der Waals surface area contributed by atoms with Gasteiger partial charge in [-0.2, -0.15) is 5.10 Å². The van der Waals surface area contributed by atoms with E-state index in [1.807, 2.05) is 18.3 Å². The van der Waals surface area contributed by atoms with Crippen molar-refractivity contribution in [2.24, 2.45) is 0 Å². The molecule has 0 bridgehead atoms. The van der Waals surface area contributed by atoms with Gasteiger partial charge in [0.25, 0.3) is 0 Å². The van der Waals surface area contributed by atoms with Crippen LogP contribution in [0.4, 0.5) is 5.69 Å². The van der Waals surface area contributed by atoms with E-state index in [1.165, 1.54) is 0 Å². The summed E-state index contributed by atoms with van der Waals surface area (Å²) in [6.45, 7) is 4.15. The van der Waals surface area contributed by atoms with Crippen LogP contribution < -0.4 is 10.2 Å². The Morgan fingerprint density at radius 2 is 2.00 bits per heavy atom. The second kappa shape index (κ2) is 10.6. The zero-order chi connectivity index (χ0) is 23.3. The normalized spacial score (nSPS) is 14.1. The van der Waals surface area contributed by atoms with E-state index in [-0.39, 0.29) is 12.7 Å². The Hall–Kier alpha value is -2.91. The average molecular weight is 482 g/mol. The van der Waals surface area contributed by atoms with Crippen molar-refractivity contribution in [1.29, 1.82) is 0 Å². The SMILES string of the molecule is OCc1cc(Cl)cc(CNCCCCOC2CN(c3cc(-c4cnoc4)cc4[nH]ncc34)C2)c1. The summed E-state index contributed by atoms with van der Waals surface area (Å²) in [5, 5.41) is 25.6. The first-order valence-electron chi connectivity index (χ1n) is 11.5. The van der Waals surface area contributed by atoms with E-state index in [1.54, 1.807) is 18.5 Å². The zero-order valence-electron chi connectivity index (χ0n) is 18.8. The molecule has 4 aromatic rings. The molecule has 0 spiro atoms. The molecule has 5 rings (SSSR count). The minimum atomic E-state index is 0.00372. The van der Waals surface area contributed by atoms with Crippen LogP contribution in [0.1, 0.15) is 24.0 Å². The third-order valence-corrected chi connectivity index (χ3v) is 6.34. The lowest BCUT2D eigenvalue weighted by Gasteiger charge is -2.41. The summed E-state index contributed by atoms with van der Waals surface area (Å²) in [7, 11) is 0. The highest BCUT2D eigenvalue weighted by atomic mass is 35.5.